The van der Waals surface area contributed by atoms with Gasteiger partial charge in [0.15, 0.2) is 0 Å². The molecule has 0 aliphatic carbocycles. The van der Waals surface area contributed by atoms with Crippen molar-refractivity contribution in [3.8, 4) is 0 Å². The van der Waals surface area contributed by atoms with Gasteiger partial charge in [-0.3, -0.25) is 0 Å². The Bertz CT molecular complexity index is 2710. The van der Waals surface area contributed by atoms with Crippen molar-refractivity contribution in [2.24, 2.45) is 5.92 Å². The summed E-state index contributed by atoms with van der Waals surface area (Å²) in [5.74, 6) is 0.612. The summed E-state index contributed by atoms with van der Waals surface area (Å²) in [7, 11) is -3.04. The van der Waals surface area contributed by atoms with Crippen LogP contribution in [0.3, 0.4) is 0 Å². The molecule has 0 aliphatic heterocycles. The largest absolute Gasteiger partial charge is 0.310 e. The zero-order valence-electron chi connectivity index (χ0n) is 37.2. The Morgan fingerprint density at radius 1 is 0.492 bits per heavy atom. The summed E-state index contributed by atoms with van der Waals surface area (Å²) < 4.78 is 0. The van der Waals surface area contributed by atoms with Gasteiger partial charge in [-0.05, 0) is 99.6 Å². The lowest BCUT2D eigenvalue weighted by atomic mass is 9.83. The smallest absolute Gasteiger partial charge is 0.0775 e. The van der Waals surface area contributed by atoms with Gasteiger partial charge in [-0.15, -0.1) is 0 Å². The van der Waals surface area contributed by atoms with E-state index in [-0.39, 0.29) is 5.41 Å². The molecule has 59 heavy (non-hydrogen) atoms. The normalized spacial score (nSPS) is 13.1. The van der Waals surface area contributed by atoms with Crippen molar-refractivity contribution >= 4 is 93.0 Å². The fourth-order valence-corrected chi connectivity index (χ4v) is 11.0. The lowest BCUT2D eigenvalue weighted by Crippen LogP contribution is -2.37. The summed E-state index contributed by atoms with van der Waals surface area (Å²) >= 11 is 0. The van der Waals surface area contributed by atoms with Gasteiger partial charge in [0.1, 0.15) is 0 Å². The van der Waals surface area contributed by atoms with E-state index in [2.05, 4.69) is 229 Å². The Balaban J connectivity index is 1.49. The van der Waals surface area contributed by atoms with Crippen LogP contribution in [0.25, 0.3) is 32.3 Å². The summed E-state index contributed by atoms with van der Waals surface area (Å²) in [4.78, 5) is 5.04. The van der Waals surface area contributed by atoms with E-state index in [1.165, 1.54) is 76.6 Å². The van der Waals surface area contributed by atoms with Crippen molar-refractivity contribution < 1.29 is 0 Å². The number of hydrogen-bond donors (Lipinski definition) is 0. The molecule has 0 amide bonds. The van der Waals surface area contributed by atoms with Crippen molar-refractivity contribution in [3.63, 3.8) is 0 Å². The molecule has 8 aromatic rings. The molecule has 0 spiro atoms. The molecule has 0 bridgehead atoms. The fourth-order valence-electron chi connectivity index (χ4n) is 8.70. The minimum absolute atomic E-state index is 0.0338. The molecule has 2 nitrogen and oxygen atoms in total. The number of nitrogens with zero attached hydrogens (tertiary/aromatic N) is 2. The Morgan fingerprint density at radius 2 is 0.966 bits per heavy atom. The maximum Gasteiger partial charge on any atom is 0.0775 e. The Kier molecular flexibility index (Phi) is 10.6. The van der Waals surface area contributed by atoms with Gasteiger partial charge in [0.25, 0.3) is 0 Å². The molecule has 0 saturated carbocycles. The van der Waals surface area contributed by atoms with Crippen LogP contribution in [-0.4, -0.2) is 16.1 Å². The Labute approximate surface area is 355 Å². The standard InChI is InChI=1S/C55H62N2Si2/c1-12-38(2)33-39-17-16-20-46(34-39)57(45-25-29-48(30-26-45)59(9,10)11)52-37-51(56(43-18-14-13-15-19-43)44-23-27-47(28-24-44)58(6,7)8)49-31-21-40-35-42(55(3,4)5)36-41-22-32-50(52)54(49)53(40)41/h13-32,34-38H,12,33H2,1-11H3. The average molecular weight is 807 g/mol. The van der Waals surface area contributed by atoms with E-state index in [1.807, 2.05) is 0 Å². The van der Waals surface area contributed by atoms with Crippen LogP contribution >= 0.6 is 0 Å². The lowest BCUT2D eigenvalue weighted by molar-refractivity contribution is 0.560. The molecule has 8 rings (SSSR count). The molecule has 1 atom stereocenters. The zero-order chi connectivity index (χ0) is 41.9. The first-order valence-corrected chi connectivity index (χ1v) is 28.7. The second-order valence-corrected chi connectivity index (χ2v) is 30.2. The van der Waals surface area contributed by atoms with E-state index in [0.29, 0.717) is 5.92 Å². The van der Waals surface area contributed by atoms with E-state index >= 15 is 0 Å². The molecule has 8 aromatic carbocycles. The van der Waals surface area contributed by atoms with Gasteiger partial charge in [-0.1, -0.05) is 182 Å². The maximum atomic E-state index is 2.54. The summed E-state index contributed by atoms with van der Waals surface area (Å²) in [5.41, 5.74) is 9.80. The minimum Gasteiger partial charge on any atom is -0.310 e. The molecule has 0 saturated heterocycles. The molecule has 0 aliphatic rings. The molecule has 0 N–H and O–H groups in total. The van der Waals surface area contributed by atoms with Gasteiger partial charge in [0, 0.05) is 38.9 Å². The predicted octanol–water partition coefficient (Wildman–Crippen LogP) is 15.5. The quantitative estimate of drug-likeness (QED) is 0.0949. The first-order chi connectivity index (χ1) is 28.0. The van der Waals surface area contributed by atoms with Crippen LogP contribution in [-0.2, 0) is 11.8 Å². The molecule has 0 fully saturated rings. The number of hydrogen-bond acceptors (Lipinski definition) is 2. The van der Waals surface area contributed by atoms with Gasteiger partial charge < -0.3 is 9.80 Å². The second-order valence-electron chi connectivity index (χ2n) is 20.1. The SMILES string of the molecule is CCC(C)Cc1cccc(N(c2ccc([Si](C)(C)C)cc2)c2cc(N(c3ccccc3)c3ccc([Si](C)(C)C)cc3)c3ccc4cc(C(C)(C)C)cc5ccc2c3c45)c1. The Morgan fingerprint density at radius 3 is 1.44 bits per heavy atom. The minimum atomic E-state index is -1.53. The third kappa shape index (κ3) is 7.98. The van der Waals surface area contributed by atoms with Gasteiger partial charge in [-0.2, -0.15) is 0 Å². The monoisotopic (exact) mass is 806 g/mol. The highest BCUT2D eigenvalue weighted by Crippen LogP contribution is 2.50. The van der Waals surface area contributed by atoms with Crippen LogP contribution in [0.4, 0.5) is 34.1 Å². The van der Waals surface area contributed by atoms with Crippen LogP contribution < -0.4 is 20.2 Å². The molecule has 300 valence electrons. The molecular formula is C55H62N2Si2. The number of benzene rings is 8. The van der Waals surface area contributed by atoms with E-state index in [4.69, 9.17) is 0 Å². The summed E-state index contributed by atoms with van der Waals surface area (Å²) in [6.07, 6.45) is 2.22. The maximum absolute atomic E-state index is 2.54. The third-order valence-corrected chi connectivity index (χ3v) is 16.6. The topological polar surface area (TPSA) is 6.48 Å². The first kappa shape index (κ1) is 40.6. The highest BCUT2D eigenvalue weighted by atomic mass is 28.3. The van der Waals surface area contributed by atoms with Crippen molar-refractivity contribution in [1.29, 1.82) is 0 Å². The van der Waals surface area contributed by atoms with Crippen molar-refractivity contribution in [2.45, 2.75) is 92.2 Å². The van der Waals surface area contributed by atoms with E-state index in [9.17, 15) is 0 Å². The number of rotatable bonds is 11. The van der Waals surface area contributed by atoms with Gasteiger partial charge in [-0.25, -0.2) is 0 Å². The molecule has 0 radical (unpaired) electrons. The molecule has 0 aromatic heterocycles. The third-order valence-electron chi connectivity index (χ3n) is 12.5. The second kappa shape index (κ2) is 15.5. The zero-order valence-corrected chi connectivity index (χ0v) is 39.2. The van der Waals surface area contributed by atoms with Gasteiger partial charge in [0.05, 0.1) is 27.5 Å². The average Bonchev–Trinajstić information content (AvgIpc) is 3.20. The van der Waals surface area contributed by atoms with Crippen LogP contribution in [0, 0.1) is 5.92 Å². The van der Waals surface area contributed by atoms with Crippen LogP contribution in [0.2, 0.25) is 39.3 Å². The van der Waals surface area contributed by atoms with Crippen LogP contribution in [0.1, 0.15) is 52.2 Å². The molecular weight excluding hydrogens is 745 g/mol. The van der Waals surface area contributed by atoms with Crippen molar-refractivity contribution in [2.75, 3.05) is 9.80 Å². The molecule has 1 unspecified atom stereocenters. The van der Waals surface area contributed by atoms with Gasteiger partial charge in [0.2, 0.25) is 0 Å². The molecule has 4 heteroatoms. The molecule has 0 heterocycles. The van der Waals surface area contributed by atoms with Crippen LogP contribution in [0.15, 0.2) is 146 Å². The van der Waals surface area contributed by atoms with E-state index < -0.39 is 16.1 Å². The summed E-state index contributed by atoms with van der Waals surface area (Å²) in [6.45, 7) is 26.2. The van der Waals surface area contributed by atoms with Crippen molar-refractivity contribution in [1.82, 2.24) is 0 Å². The highest BCUT2D eigenvalue weighted by molar-refractivity contribution is 6.89. The number of anilines is 6. The summed E-state index contributed by atoms with van der Waals surface area (Å²) in [6, 6.07) is 56.1. The summed E-state index contributed by atoms with van der Waals surface area (Å²) in [5, 5.41) is 10.7. The highest BCUT2D eigenvalue weighted by Gasteiger charge is 2.27. The van der Waals surface area contributed by atoms with Crippen molar-refractivity contribution in [3.05, 3.63) is 157 Å². The fraction of sp³-hybridized carbons (Fsp3) is 0.273. The Hall–Kier alpha value is -5.17. The lowest BCUT2D eigenvalue weighted by Gasteiger charge is -2.33. The number of para-hydroxylation sites is 1. The van der Waals surface area contributed by atoms with E-state index in [0.717, 1.165) is 24.2 Å². The van der Waals surface area contributed by atoms with E-state index in [1.54, 1.807) is 0 Å². The van der Waals surface area contributed by atoms with Crippen LogP contribution in [0.5, 0.6) is 0 Å². The van der Waals surface area contributed by atoms with Gasteiger partial charge >= 0.3 is 0 Å². The predicted molar refractivity (Wildman–Crippen MR) is 267 cm³/mol. The first-order valence-electron chi connectivity index (χ1n) is 21.7.